The van der Waals surface area contributed by atoms with E-state index in [9.17, 15) is 70.2 Å². The van der Waals surface area contributed by atoms with Crippen LogP contribution in [0.5, 0.6) is 0 Å². The highest BCUT2D eigenvalue weighted by molar-refractivity contribution is 5.91. The van der Waals surface area contributed by atoms with Crippen molar-refractivity contribution in [3.05, 3.63) is 102 Å². The fourth-order valence-corrected chi connectivity index (χ4v) is 11.2. The second-order valence-electron chi connectivity index (χ2n) is 19.6. The first-order valence-corrected chi connectivity index (χ1v) is 24.4. The lowest BCUT2D eigenvalue weighted by molar-refractivity contribution is -0.248. The van der Waals surface area contributed by atoms with Gasteiger partial charge in [-0.2, -0.15) is 0 Å². The van der Waals surface area contributed by atoms with Gasteiger partial charge in [-0.25, -0.2) is 19.2 Å². The van der Waals surface area contributed by atoms with Crippen LogP contribution < -0.4 is 0 Å². The van der Waals surface area contributed by atoms with Crippen LogP contribution in [0.25, 0.3) is 6.08 Å². The summed E-state index contributed by atoms with van der Waals surface area (Å²) in [7, 11) is 2.39. The Bertz CT molecular complexity index is 2320. The van der Waals surface area contributed by atoms with Crippen LogP contribution >= 0.6 is 0 Å². The first kappa shape index (κ1) is 56.4. The Balaban J connectivity index is 0.000000217. The van der Waals surface area contributed by atoms with Gasteiger partial charge in [0, 0.05) is 66.6 Å². The fourth-order valence-electron chi connectivity index (χ4n) is 11.2. The molecule has 0 spiro atoms. The molecule has 22 atom stereocenters. The van der Waals surface area contributed by atoms with Gasteiger partial charge in [0.1, 0.15) is 36.6 Å². The van der Waals surface area contributed by atoms with Crippen molar-refractivity contribution in [2.24, 2.45) is 47.3 Å². The van der Waals surface area contributed by atoms with E-state index in [1.807, 2.05) is 30.3 Å². The summed E-state index contributed by atoms with van der Waals surface area (Å²) in [6.45, 7) is 2.59. The molecular formula is C52H66O22. The zero-order valence-electron chi connectivity index (χ0n) is 41.0. The molecule has 0 radical (unpaired) electrons. The maximum atomic E-state index is 12.7. The van der Waals surface area contributed by atoms with E-state index >= 15 is 0 Å². The summed E-state index contributed by atoms with van der Waals surface area (Å²) in [5.41, 5.74) is 1.18. The van der Waals surface area contributed by atoms with Crippen molar-refractivity contribution in [1.29, 1.82) is 0 Å². The zero-order chi connectivity index (χ0) is 53.7. The van der Waals surface area contributed by atoms with Crippen LogP contribution in [0, 0.1) is 47.3 Å². The van der Waals surface area contributed by atoms with Gasteiger partial charge in [-0.05, 0) is 36.6 Å². The Morgan fingerprint density at radius 1 is 0.554 bits per heavy atom. The number of methoxy groups -OCH3 is 2. The molecule has 0 bridgehead atoms. The van der Waals surface area contributed by atoms with Gasteiger partial charge in [0.25, 0.3) is 0 Å². The van der Waals surface area contributed by atoms with Gasteiger partial charge in [-0.15, -0.1) is 0 Å². The number of benzene rings is 2. The highest BCUT2D eigenvalue weighted by atomic mass is 16.7. The molecule has 8 rings (SSSR count). The molecule has 10 unspecified atom stereocenters. The molecule has 22 nitrogen and oxygen atoms in total. The second-order valence-corrected chi connectivity index (χ2v) is 19.6. The quantitative estimate of drug-likeness (QED) is 0.0660. The lowest BCUT2D eigenvalue weighted by atomic mass is 9.80. The van der Waals surface area contributed by atoms with Gasteiger partial charge in [-0.1, -0.05) is 62.4 Å². The van der Waals surface area contributed by atoms with Crippen LogP contribution in [0.2, 0.25) is 0 Å². The standard InChI is InChI=1S/C27H34O11.C25H32O11/c1-13-19-20(23(32)25(13)38-18(29)9-8-14-6-4-3-5-7-14)16(26(34)35-2)12-36-27(19)37-17-10-15(11-28)21(30)24(33)22(17)31;1-11-16-17(20(29)22(11)36-23(31)12-6-4-3-5-7-12)14(24(32)33-2)10-34-25(16)35-15-8-13(9-26)18(27)21(30)19(15)28/h3-9,12-13,15,17,19-25,27-28,30-33H,10-11H2,1-2H3;3-7,10-11,13,15-22,25-30H,8-9H2,1-2H3/t13-,15?,17?,19-,20-,21?,22?,23+,24?,25-,27+;11-,13?,15?,16-,17-,18?,19?,20+,21?,22-,25+/m11/s1. The van der Waals surface area contributed by atoms with E-state index < -0.39 is 170 Å². The average molecular weight is 1040 g/mol. The molecule has 2 aromatic rings. The molecule has 406 valence electrons. The molecule has 0 amide bonds. The van der Waals surface area contributed by atoms with Crippen molar-refractivity contribution in [3.8, 4) is 0 Å². The topological polar surface area (TPSA) is 344 Å². The summed E-state index contributed by atoms with van der Waals surface area (Å²) in [5, 5.41) is 103. The monoisotopic (exact) mass is 1040 g/mol. The predicted octanol–water partition coefficient (Wildman–Crippen LogP) is -0.904. The Labute approximate surface area is 425 Å². The maximum Gasteiger partial charge on any atom is 0.338 e. The van der Waals surface area contributed by atoms with E-state index in [0.29, 0.717) is 5.56 Å². The molecule has 2 aliphatic heterocycles. The van der Waals surface area contributed by atoms with Crippen LogP contribution in [-0.2, 0) is 52.3 Å². The van der Waals surface area contributed by atoms with Gasteiger partial charge in [-0.3, -0.25) is 0 Å². The highest BCUT2D eigenvalue weighted by Gasteiger charge is 2.61. The molecule has 6 aliphatic rings. The molecule has 4 fully saturated rings. The largest absolute Gasteiger partial charge is 0.472 e. The van der Waals surface area contributed by atoms with E-state index in [4.69, 9.17) is 37.9 Å². The van der Waals surface area contributed by atoms with Crippen molar-refractivity contribution in [2.75, 3.05) is 27.4 Å². The minimum absolute atomic E-state index is 0.0281. The number of rotatable bonds is 13. The highest BCUT2D eigenvalue weighted by Crippen LogP contribution is 2.51. The Hall–Kier alpha value is -5.34. The molecule has 0 saturated heterocycles. The molecule has 10 N–H and O–H groups in total. The van der Waals surface area contributed by atoms with Gasteiger partial charge >= 0.3 is 23.9 Å². The molecule has 0 aromatic heterocycles. The second kappa shape index (κ2) is 24.6. The molecule has 4 aliphatic carbocycles. The predicted molar refractivity (Wildman–Crippen MR) is 251 cm³/mol. The summed E-state index contributed by atoms with van der Waals surface area (Å²) in [5.74, 6) is -8.52. The van der Waals surface area contributed by atoms with Crippen molar-refractivity contribution < 1.29 is 108 Å². The molecular weight excluding hydrogens is 977 g/mol. The molecule has 2 aromatic carbocycles. The molecule has 4 saturated carbocycles. The number of carbonyl (C=O) groups is 4. The number of fused-ring (bicyclic) bond motifs is 2. The fraction of sp³-hybridized carbons (Fsp3) is 0.577. The van der Waals surface area contributed by atoms with Crippen LogP contribution in [0.15, 0.2) is 90.4 Å². The lowest BCUT2D eigenvalue weighted by Crippen LogP contribution is -2.56. The van der Waals surface area contributed by atoms with Crippen molar-refractivity contribution >= 4 is 30.0 Å². The van der Waals surface area contributed by atoms with E-state index in [0.717, 1.165) is 18.1 Å². The van der Waals surface area contributed by atoms with Crippen molar-refractivity contribution in [1.82, 2.24) is 0 Å². The van der Waals surface area contributed by atoms with Gasteiger partial charge in [0.2, 0.25) is 12.6 Å². The third kappa shape index (κ3) is 11.6. The first-order valence-electron chi connectivity index (χ1n) is 24.4. The Kier molecular flexibility index (Phi) is 18.7. The van der Waals surface area contributed by atoms with Crippen LogP contribution in [0.3, 0.4) is 0 Å². The summed E-state index contributed by atoms with van der Waals surface area (Å²) < 4.78 is 44.5. The van der Waals surface area contributed by atoms with E-state index in [2.05, 4.69) is 0 Å². The zero-order valence-corrected chi connectivity index (χ0v) is 41.0. The Morgan fingerprint density at radius 2 is 0.973 bits per heavy atom. The summed E-state index contributed by atoms with van der Waals surface area (Å²) in [6.07, 6.45) is -12.4. The van der Waals surface area contributed by atoms with Crippen LogP contribution in [0.1, 0.15) is 42.6 Å². The number of esters is 4. The van der Waals surface area contributed by atoms with Crippen LogP contribution in [-0.4, -0.2) is 188 Å². The number of carbonyl (C=O) groups excluding carboxylic acids is 4. The third-order valence-corrected chi connectivity index (χ3v) is 15.3. The minimum atomic E-state index is -1.55. The van der Waals surface area contributed by atoms with Gasteiger partial charge in [0.05, 0.1) is 80.1 Å². The average Bonchev–Trinajstić information content (AvgIpc) is 3.81. The summed E-state index contributed by atoms with van der Waals surface area (Å²) in [6, 6.07) is 17.4. The summed E-state index contributed by atoms with van der Waals surface area (Å²) in [4.78, 5) is 50.3. The minimum Gasteiger partial charge on any atom is -0.472 e. The molecule has 2 heterocycles. The molecule has 22 heteroatoms. The first-order chi connectivity index (χ1) is 35.4. The van der Waals surface area contributed by atoms with Crippen LogP contribution in [0.4, 0.5) is 0 Å². The van der Waals surface area contributed by atoms with E-state index in [1.165, 1.54) is 20.3 Å². The smallest absolute Gasteiger partial charge is 0.338 e. The number of hydrogen-bond acceptors (Lipinski definition) is 22. The summed E-state index contributed by atoms with van der Waals surface area (Å²) >= 11 is 0. The van der Waals surface area contributed by atoms with Crippen molar-refractivity contribution in [3.63, 3.8) is 0 Å². The number of aliphatic hydroxyl groups excluding tert-OH is 10. The van der Waals surface area contributed by atoms with E-state index in [1.54, 1.807) is 50.3 Å². The van der Waals surface area contributed by atoms with E-state index in [-0.39, 0.29) is 24.0 Å². The lowest BCUT2D eigenvalue weighted by Gasteiger charge is -2.43. The van der Waals surface area contributed by atoms with Crippen molar-refractivity contribution in [2.45, 2.75) is 113 Å². The SMILES string of the molecule is COC(=O)C1=CO[C@@H](OC2CC(CO)C(O)C(O)C2O)[C@@H]2[C@@H](C)[C@@H](OC(=O)C=Cc3ccccc3)[C@@H](O)[C@H]12.COC(=O)C1=CO[C@@H](OC2CC(CO)C(O)C(O)C2O)[C@@H]2[C@@H](C)[C@@H](OC(=O)c3ccccc3)[C@@H](O)[C@H]12. The molecule has 74 heavy (non-hydrogen) atoms. The number of ether oxygens (including phenoxy) is 8. The van der Waals surface area contributed by atoms with Gasteiger partial charge < -0.3 is 89.0 Å². The normalized spacial score (nSPS) is 39.3. The third-order valence-electron chi connectivity index (χ3n) is 15.3. The van der Waals surface area contributed by atoms with Gasteiger partial charge in [0.15, 0.2) is 0 Å². The maximum absolute atomic E-state index is 12.7. The Morgan fingerprint density at radius 3 is 1.39 bits per heavy atom. The number of aliphatic hydroxyl groups is 10. The number of hydrogen-bond donors (Lipinski definition) is 10.